The number of hydrazine groups is 1. The van der Waals surface area contributed by atoms with E-state index in [9.17, 15) is 4.79 Å². The molecule has 1 aliphatic rings. The van der Waals surface area contributed by atoms with Gasteiger partial charge in [-0.2, -0.15) is 0 Å². The summed E-state index contributed by atoms with van der Waals surface area (Å²) in [6.07, 6.45) is 5.21. The first-order valence-electron chi connectivity index (χ1n) is 7.33. The Labute approximate surface area is 120 Å². The van der Waals surface area contributed by atoms with Gasteiger partial charge in [0.2, 0.25) is 0 Å². The number of carbonyl (C=O) groups excluding carboxylic acids is 1. The minimum atomic E-state index is -0.381. The Kier molecular flexibility index (Phi) is 4.83. The van der Waals surface area contributed by atoms with E-state index in [-0.39, 0.29) is 11.7 Å². The average molecular weight is 279 g/mol. The normalized spacial score (nSPS) is 23.1. The van der Waals surface area contributed by atoms with Gasteiger partial charge in [-0.1, -0.05) is 19.8 Å². The van der Waals surface area contributed by atoms with Gasteiger partial charge < -0.3 is 4.42 Å². The summed E-state index contributed by atoms with van der Waals surface area (Å²) in [6, 6.07) is 2.41. The Morgan fingerprint density at radius 3 is 2.85 bits per heavy atom. The first kappa shape index (κ1) is 15.1. The zero-order valence-corrected chi connectivity index (χ0v) is 12.6. The Hall–Kier alpha value is -1.33. The molecular weight excluding hydrogens is 254 g/mol. The van der Waals surface area contributed by atoms with Crippen molar-refractivity contribution in [2.45, 2.75) is 52.1 Å². The van der Waals surface area contributed by atoms with Crippen LogP contribution in [-0.2, 0) is 6.54 Å². The zero-order valence-electron chi connectivity index (χ0n) is 12.6. The highest BCUT2D eigenvalue weighted by Crippen LogP contribution is 2.29. The van der Waals surface area contributed by atoms with E-state index in [2.05, 4.69) is 24.3 Å². The van der Waals surface area contributed by atoms with E-state index >= 15 is 0 Å². The van der Waals surface area contributed by atoms with Crippen LogP contribution in [0.4, 0.5) is 0 Å². The van der Waals surface area contributed by atoms with Gasteiger partial charge >= 0.3 is 5.91 Å². The van der Waals surface area contributed by atoms with E-state index < -0.39 is 0 Å². The van der Waals surface area contributed by atoms with Gasteiger partial charge in [-0.25, -0.2) is 5.84 Å². The standard InChI is InChI=1S/C15H25N3O2/c1-10-6-4-5-7-13(10)18(3)9-12-8-14(15(19)17-16)20-11(12)2/h8,10,13H,4-7,9,16H2,1-3H3,(H,17,19). The lowest BCUT2D eigenvalue weighted by Gasteiger charge is -2.36. The summed E-state index contributed by atoms with van der Waals surface area (Å²) in [5.41, 5.74) is 3.16. The van der Waals surface area contributed by atoms with E-state index in [1.54, 1.807) is 6.07 Å². The van der Waals surface area contributed by atoms with Crippen molar-refractivity contribution in [2.75, 3.05) is 7.05 Å². The van der Waals surface area contributed by atoms with Crippen LogP contribution in [0.1, 0.15) is 54.5 Å². The number of aryl methyl sites for hydroxylation is 1. The molecule has 1 amide bonds. The number of hydrogen-bond acceptors (Lipinski definition) is 4. The molecule has 5 nitrogen and oxygen atoms in total. The molecule has 1 heterocycles. The molecule has 2 rings (SSSR count). The lowest BCUT2D eigenvalue weighted by Crippen LogP contribution is -2.38. The summed E-state index contributed by atoms with van der Waals surface area (Å²) in [4.78, 5) is 13.9. The van der Waals surface area contributed by atoms with Gasteiger partial charge in [0.05, 0.1) is 0 Å². The molecule has 1 aliphatic carbocycles. The van der Waals surface area contributed by atoms with E-state index in [0.29, 0.717) is 6.04 Å². The van der Waals surface area contributed by atoms with Crippen molar-refractivity contribution < 1.29 is 9.21 Å². The SMILES string of the molecule is Cc1oc(C(=O)NN)cc1CN(C)C1CCCCC1C. The van der Waals surface area contributed by atoms with Crippen LogP contribution in [0.2, 0.25) is 0 Å². The Balaban J connectivity index is 2.05. The van der Waals surface area contributed by atoms with Crippen LogP contribution in [0, 0.1) is 12.8 Å². The van der Waals surface area contributed by atoms with E-state index in [1.807, 2.05) is 6.92 Å². The molecular formula is C15H25N3O2. The molecule has 0 radical (unpaired) electrons. The smallest absolute Gasteiger partial charge is 0.300 e. The lowest BCUT2D eigenvalue weighted by molar-refractivity contribution is 0.0924. The molecule has 2 unspecified atom stereocenters. The second-order valence-corrected chi connectivity index (χ2v) is 5.91. The predicted molar refractivity (Wildman–Crippen MR) is 78.0 cm³/mol. The molecule has 0 aliphatic heterocycles. The van der Waals surface area contributed by atoms with E-state index in [0.717, 1.165) is 23.8 Å². The molecule has 0 spiro atoms. The lowest BCUT2D eigenvalue weighted by atomic mass is 9.85. The molecule has 2 atom stereocenters. The quantitative estimate of drug-likeness (QED) is 0.503. The van der Waals surface area contributed by atoms with Gasteiger partial charge in [-0.15, -0.1) is 0 Å². The molecule has 20 heavy (non-hydrogen) atoms. The minimum absolute atomic E-state index is 0.282. The van der Waals surface area contributed by atoms with Gasteiger partial charge in [-0.05, 0) is 38.8 Å². The van der Waals surface area contributed by atoms with Crippen molar-refractivity contribution >= 4 is 5.91 Å². The summed E-state index contributed by atoms with van der Waals surface area (Å²) in [5, 5.41) is 0. The van der Waals surface area contributed by atoms with Crippen molar-refractivity contribution in [3.8, 4) is 0 Å². The van der Waals surface area contributed by atoms with Gasteiger partial charge in [0.25, 0.3) is 0 Å². The summed E-state index contributed by atoms with van der Waals surface area (Å²) < 4.78 is 5.46. The third-order valence-corrected chi connectivity index (χ3v) is 4.43. The number of hydrogen-bond donors (Lipinski definition) is 2. The number of nitrogens with two attached hydrogens (primary N) is 1. The largest absolute Gasteiger partial charge is 0.456 e. The van der Waals surface area contributed by atoms with Gasteiger partial charge in [0, 0.05) is 18.2 Å². The second kappa shape index (κ2) is 6.41. The third-order valence-electron chi connectivity index (χ3n) is 4.43. The molecule has 0 bridgehead atoms. The van der Waals surface area contributed by atoms with E-state index in [1.165, 1.54) is 25.7 Å². The predicted octanol–water partition coefficient (Wildman–Crippen LogP) is 2.20. The number of furan rings is 1. The van der Waals surface area contributed by atoms with Crippen LogP contribution in [0.5, 0.6) is 0 Å². The molecule has 1 fully saturated rings. The summed E-state index contributed by atoms with van der Waals surface area (Å²) in [6.45, 7) is 5.03. The van der Waals surface area contributed by atoms with Gasteiger partial charge in [0.1, 0.15) is 5.76 Å². The molecule has 1 aromatic rings. The molecule has 0 aromatic carbocycles. The molecule has 5 heteroatoms. The number of rotatable bonds is 4. The van der Waals surface area contributed by atoms with Gasteiger partial charge in [-0.3, -0.25) is 15.1 Å². The van der Waals surface area contributed by atoms with Crippen molar-refractivity contribution in [2.24, 2.45) is 11.8 Å². The Morgan fingerprint density at radius 2 is 2.20 bits per heavy atom. The Morgan fingerprint density at radius 1 is 1.50 bits per heavy atom. The van der Waals surface area contributed by atoms with Crippen LogP contribution < -0.4 is 11.3 Å². The van der Waals surface area contributed by atoms with Crippen LogP contribution in [0.3, 0.4) is 0 Å². The molecule has 1 aromatic heterocycles. The summed E-state index contributed by atoms with van der Waals surface area (Å²) in [5.74, 6) is 6.55. The van der Waals surface area contributed by atoms with Gasteiger partial charge in [0.15, 0.2) is 5.76 Å². The molecule has 0 saturated heterocycles. The number of carbonyl (C=O) groups is 1. The van der Waals surface area contributed by atoms with Crippen LogP contribution >= 0.6 is 0 Å². The number of amides is 1. The van der Waals surface area contributed by atoms with Crippen molar-refractivity contribution in [1.29, 1.82) is 0 Å². The first-order chi connectivity index (χ1) is 9.52. The van der Waals surface area contributed by atoms with Crippen LogP contribution in [0.25, 0.3) is 0 Å². The average Bonchev–Trinajstić information content (AvgIpc) is 2.79. The second-order valence-electron chi connectivity index (χ2n) is 5.91. The summed E-state index contributed by atoms with van der Waals surface area (Å²) in [7, 11) is 2.15. The zero-order chi connectivity index (χ0) is 14.7. The Bertz CT molecular complexity index is 470. The fourth-order valence-corrected chi connectivity index (χ4v) is 3.20. The maximum absolute atomic E-state index is 11.5. The minimum Gasteiger partial charge on any atom is -0.456 e. The highest BCUT2D eigenvalue weighted by Gasteiger charge is 2.26. The number of nitrogens with zero attached hydrogens (tertiary/aromatic N) is 1. The monoisotopic (exact) mass is 279 g/mol. The maximum Gasteiger partial charge on any atom is 0.300 e. The first-order valence-corrected chi connectivity index (χ1v) is 7.33. The fraction of sp³-hybridized carbons (Fsp3) is 0.667. The van der Waals surface area contributed by atoms with Crippen molar-refractivity contribution in [3.63, 3.8) is 0 Å². The molecule has 112 valence electrons. The molecule has 3 N–H and O–H groups in total. The number of nitrogens with one attached hydrogen (secondary N) is 1. The number of nitrogen functional groups attached to an aromatic ring is 1. The van der Waals surface area contributed by atoms with Crippen LogP contribution in [-0.4, -0.2) is 23.9 Å². The topological polar surface area (TPSA) is 71.5 Å². The maximum atomic E-state index is 11.5. The van der Waals surface area contributed by atoms with Crippen LogP contribution in [0.15, 0.2) is 10.5 Å². The highest BCUT2D eigenvalue weighted by molar-refractivity contribution is 5.91. The van der Waals surface area contributed by atoms with Crippen molar-refractivity contribution in [3.05, 3.63) is 23.2 Å². The third kappa shape index (κ3) is 3.22. The van der Waals surface area contributed by atoms with E-state index in [4.69, 9.17) is 10.3 Å². The fourth-order valence-electron chi connectivity index (χ4n) is 3.20. The highest BCUT2D eigenvalue weighted by atomic mass is 16.4. The summed E-state index contributed by atoms with van der Waals surface area (Å²) >= 11 is 0. The molecule has 1 saturated carbocycles. The van der Waals surface area contributed by atoms with Crippen molar-refractivity contribution in [1.82, 2.24) is 10.3 Å².